The number of anilines is 1. The van der Waals surface area contributed by atoms with Gasteiger partial charge in [-0.2, -0.15) is 0 Å². The predicted molar refractivity (Wildman–Crippen MR) is 112 cm³/mol. The van der Waals surface area contributed by atoms with Crippen LogP contribution >= 0.6 is 0 Å². The number of carbonyl (C=O) groups excluding carboxylic acids is 2. The van der Waals surface area contributed by atoms with Crippen LogP contribution in [0, 0.1) is 13.8 Å². The van der Waals surface area contributed by atoms with Gasteiger partial charge in [0.25, 0.3) is 0 Å². The number of nitrogens with one attached hydrogen (secondary N) is 2. The van der Waals surface area contributed by atoms with Crippen LogP contribution in [0.15, 0.2) is 18.2 Å². The van der Waals surface area contributed by atoms with E-state index >= 15 is 0 Å². The lowest BCUT2D eigenvalue weighted by Crippen LogP contribution is -2.55. The van der Waals surface area contributed by atoms with Crippen LogP contribution in [0.4, 0.5) is 5.69 Å². The molecule has 0 spiro atoms. The number of piperazine rings is 1. The molecule has 2 N–H and O–H groups in total. The van der Waals surface area contributed by atoms with E-state index in [4.69, 9.17) is 0 Å². The average molecular weight is 387 g/mol. The standard InChI is InChI=1S/C22H34N4O2/c1-16-7-6-10-20(17(16)2)24-21(27)15-25-11-13-26(14-12-25)18(3)22(28)23-19-8-4-5-9-19/h6-7,10,18-19H,4-5,8-9,11-15H2,1-3H3,(H,23,28)(H,24,27)/t18-/m1/s1. The smallest absolute Gasteiger partial charge is 0.238 e. The molecule has 28 heavy (non-hydrogen) atoms. The number of hydrogen-bond acceptors (Lipinski definition) is 4. The number of rotatable bonds is 6. The zero-order valence-electron chi connectivity index (χ0n) is 17.5. The van der Waals surface area contributed by atoms with E-state index in [1.54, 1.807) is 0 Å². The van der Waals surface area contributed by atoms with Crippen molar-refractivity contribution in [3.8, 4) is 0 Å². The summed E-state index contributed by atoms with van der Waals surface area (Å²) in [5.74, 6) is 0.169. The molecule has 0 radical (unpaired) electrons. The summed E-state index contributed by atoms with van der Waals surface area (Å²) < 4.78 is 0. The highest BCUT2D eigenvalue weighted by molar-refractivity contribution is 5.93. The van der Waals surface area contributed by atoms with E-state index in [2.05, 4.69) is 20.4 Å². The Morgan fingerprint density at radius 2 is 1.79 bits per heavy atom. The lowest BCUT2D eigenvalue weighted by Gasteiger charge is -2.37. The Labute approximate surface area is 168 Å². The fourth-order valence-corrected chi connectivity index (χ4v) is 4.15. The van der Waals surface area contributed by atoms with Crippen molar-refractivity contribution in [3.05, 3.63) is 29.3 Å². The van der Waals surface area contributed by atoms with Gasteiger partial charge in [-0.15, -0.1) is 0 Å². The molecule has 1 saturated carbocycles. The highest BCUT2D eigenvalue weighted by Crippen LogP contribution is 2.19. The van der Waals surface area contributed by atoms with Crippen LogP contribution in [0.25, 0.3) is 0 Å². The molecule has 1 aliphatic carbocycles. The van der Waals surface area contributed by atoms with E-state index in [0.717, 1.165) is 50.3 Å². The van der Waals surface area contributed by atoms with Gasteiger partial charge in [0.05, 0.1) is 12.6 Å². The van der Waals surface area contributed by atoms with Crippen molar-refractivity contribution in [3.63, 3.8) is 0 Å². The first kappa shape index (κ1) is 20.8. The van der Waals surface area contributed by atoms with Crippen molar-refractivity contribution < 1.29 is 9.59 Å². The van der Waals surface area contributed by atoms with Crippen molar-refractivity contribution >= 4 is 17.5 Å². The maximum atomic E-state index is 12.5. The second-order valence-electron chi connectivity index (χ2n) is 8.27. The van der Waals surface area contributed by atoms with E-state index < -0.39 is 0 Å². The van der Waals surface area contributed by atoms with Crippen LogP contribution in [0.5, 0.6) is 0 Å². The molecule has 1 aliphatic heterocycles. The van der Waals surface area contributed by atoms with Gasteiger partial charge in [0.2, 0.25) is 11.8 Å². The molecule has 2 aliphatic rings. The molecular weight excluding hydrogens is 352 g/mol. The monoisotopic (exact) mass is 386 g/mol. The molecule has 6 nitrogen and oxygen atoms in total. The molecule has 6 heteroatoms. The van der Waals surface area contributed by atoms with E-state index in [9.17, 15) is 9.59 Å². The summed E-state index contributed by atoms with van der Waals surface area (Å²) in [6.07, 6.45) is 4.67. The van der Waals surface area contributed by atoms with Gasteiger partial charge in [0, 0.05) is 37.9 Å². The van der Waals surface area contributed by atoms with Crippen molar-refractivity contribution in [2.24, 2.45) is 0 Å². The first-order valence-corrected chi connectivity index (χ1v) is 10.6. The van der Waals surface area contributed by atoms with E-state index in [-0.39, 0.29) is 17.9 Å². The fraction of sp³-hybridized carbons (Fsp3) is 0.636. The maximum Gasteiger partial charge on any atom is 0.238 e. The Hall–Kier alpha value is -1.92. The van der Waals surface area contributed by atoms with Gasteiger partial charge >= 0.3 is 0 Å². The molecule has 2 fully saturated rings. The number of hydrogen-bond donors (Lipinski definition) is 2. The minimum Gasteiger partial charge on any atom is -0.352 e. The fourth-order valence-electron chi connectivity index (χ4n) is 4.15. The van der Waals surface area contributed by atoms with Crippen LogP contribution in [-0.2, 0) is 9.59 Å². The molecule has 154 valence electrons. The summed E-state index contributed by atoms with van der Waals surface area (Å²) in [5.41, 5.74) is 3.18. The Morgan fingerprint density at radius 3 is 2.46 bits per heavy atom. The third-order valence-electron chi connectivity index (χ3n) is 6.28. The molecule has 1 saturated heterocycles. The Bertz CT molecular complexity index is 692. The number of benzene rings is 1. The zero-order chi connectivity index (χ0) is 20.1. The molecule has 0 unspecified atom stereocenters. The second kappa shape index (κ2) is 9.52. The molecule has 1 aromatic rings. The topological polar surface area (TPSA) is 64.7 Å². The van der Waals surface area contributed by atoms with E-state index in [0.29, 0.717) is 12.6 Å². The molecule has 1 heterocycles. The number of carbonyl (C=O) groups is 2. The van der Waals surface area contributed by atoms with Crippen LogP contribution in [-0.4, -0.2) is 66.4 Å². The lowest BCUT2D eigenvalue weighted by molar-refractivity contribution is -0.127. The lowest BCUT2D eigenvalue weighted by atomic mass is 10.1. The molecule has 1 atom stereocenters. The minimum atomic E-state index is -0.105. The second-order valence-corrected chi connectivity index (χ2v) is 8.27. The summed E-state index contributed by atoms with van der Waals surface area (Å²) >= 11 is 0. The Kier molecular flexibility index (Phi) is 7.08. The molecule has 3 rings (SSSR count). The Morgan fingerprint density at radius 1 is 1.11 bits per heavy atom. The highest BCUT2D eigenvalue weighted by atomic mass is 16.2. The van der Waals surface area contributed by atoms with Crippen LogP contribution in [0.1, 0.15) is 43.7 Å². The quantitative estimate of drug-likeness (QED) is 0.787. The molecule has 1 aromatic carbocycles. The van der Waals surface area contributed by atoms with Crippen molar-refractivity contribution in [2.45, 2.75) is 58.5 Å². The van der Waals surface area contributed by atoms with Crippen molar-refractivity contribution in [2.75, 3.05) is 38.0 Å². The van der Waals surface area contributed by atoms with Crippen LogP contribution in [0.2, 0.25) is 0 Å². The largest absolute Gasteiger partial charge is 0.352 e. The van der Waals surface area contributed by atoms with Crippen molar-refractivity contribution in [1.29, 1.82) is 0 Å². The van der Waals surface area contributed by atoms with Crippen LogP contribution < -0.4 is 10.6 Å². The maximum absolute atomic E-state index is 12.5. The zero-order valence-corrected chi connectivity index (χ0v) is 17.5. The van der Waals surface area contributed by atoms with Gasteiger partial charge in [-0.25, -0.2) is 0 Å². The Balaban J connectivity index is 1.42. The van der Waals surface area contributed by atoms with Gasteiger partial charge in [0.15, 0.2) is 0 Å². The van der Waals surface area contributed by atoms with Crippen LogP contribution in [0.3, 0.4) is 0 Å². The molecule has 0 bridgehead atoms. The van der Waals surface area contributed by atoms with Gasteiger partial charge in [0.1, 0.15) is 0 Å². The van der Waals surface area contributed by atoms with Crippen molar-refractivity contribution in [1.82, 2.24) is 15.1 Å². The first-order chi connectivity index (χ1) is 13.4. The third-order valence-corrected chi connectivity index (χ3v) is 6.28. The predicted octanol–water partition coefficient (Wildman–Crippen LogP) is 2.31. The molecule has 0 aromatic heterocycles. The SMILES string of the molecule is Cc1cccc(NC(=O)CN2CCN([C@H](C)C(=O)NC3CCCC3)CC2)c1C. The first-order valence-electron chi connectivity index (χ1n) is 10.6. The number of amides is 2. The average Bonchev–Trinajstić information content (AvgIpc) is 3.18. The van der Waals surface area contributed by atoms with Gasteiger partial charge < -0.3 is 10.6 Å². The third kappa shape index (κ3) is 5.32. The van der Waals surface area contributed by atoms with E-state index in [1.165, 1.54) is 18.4 Å². The van der Waals surface area contributed by atoms with E-state index in [1.807, 2.05) is 39.0 Å². The summed E-state index contributed by atoms with van der Waals surface area (Å²) in [6, 6.07) is 6.22. The normalized spacial score (nSPS) is 20.1. The summed E-state index contributed by atoms with van der Waals surface area (Å²) in [5, 5.41) is 6.23. The number of aryl methyl sites for hydroxylation is 1. The van der Waals surface area contributed by atoms with Gasteiger partial charge in [-0.1, -0.05) is 25.0 Å². The summed E-state index contributed by atoms with van der Waals surface area (Å²) in [7, 11) is 0. The minimum absolute atomic E-state index is 0.0224. The van der Waals surface area contributed by atoms with Gasteiger partial charge in [-0.05, 0) is 50.8 Å². The molecular formula is C22H34N4O2. The van der Waals surface area contributed by atoms with Gasteiger partial charge in [-0.3, -0.25) is 19.4 Å². The summed E-state index contributed by atoms with van der Waals surface area (Å²) in [4.78, 5) is 29.3. The molecule has 2 amide bonds. The highest BCUT2D eigenvalue weighted by Gasteiger charge is 2.28. The number of nitrogens with zero attached hydrogens (tertiary/aromatic N) is 2. The summed E-state index contributed by atoms with van der Waals surface area (Å²) in [6.45, 7) is 9.71.